The topological polar surface area (TPSA) is 148 Å². The molecule has 0 saturated carbocycles. The van der Waals surface area contributed by atoms with Gasteiger partial charge in [-0.3, -0.25) is 14.9 Å². The maximum atomic E-state index is 13.2. The van der Waals surface area contributed by atoms with Gasteiger partial charge in [0.05, 0.1) is 10.5 Å². The van der Waals surface area contributed by atoms with Crippen molar-refractivity contribution in [2.24, 2.45) is 0 Å². The van der Waals surface area contributed by atoms with Gasteiger partial charge < -0.3 is 15.7 Å². The van der Waals surface area contributed by atoms with Gasteiger partial charge in [0.15, 0.2) is 5.75 Å². The van der Waals surface area contributed by atoms with Gasteiger partial charge in [-0.15, -0.1) is 0 Å². The van der Waals surface area contributed by atoms with E-state index in [1.165, 1.54) is 22.9 Å². The van der Waals surface area contributed by atoms with Crippen LogP contribution in [0.4, 0.5) is 17.3 Å². The van der Waals surface area contributed by atoms with Gasteiger partial charge in [0.2, 0.25) is 5.95 Å². The Morgan fingerprint density at radius 3 is 2.80 bits per heavy atom. The van der Waals surface area contributed by atoms with E-state index in [9.17, 15) is 20.0 Å². The van der Waals surface area contributed by atoms with E-state index < -0.39 is 28.3 Å². The van der Waals surface area contributed by atoms with Crippen LogP contribution in [0.3, 0.4) is 0 Å². The molecule has 1 aliphatic rings. The standard InChI is InChI=1S/C19H17N7O4/c1-10-4-3-5-13(8-10)21-18(28)16-11(2)20-19-22-23-24-25(19)17(16)12-6-7-15(27)14(9-12)26(29)30/h3-9,17,27H,1-2H3,(H,21,28)(H,20,22,24). The van der Waals surface area contributed by atoms with Crippen LogP contribution in [0.15, 0.2) is 53.7 Å². The summed E-state index contributed by atoms with van der Waals surface area (Å²) in [6.07, 6.45) is 0. The second-order valence-electron chi connectivity index (χ2n) is 6.84. The van der Waals surface area contributed by atoms with Crippen LogP contribution in [0.2, 0.25) is 0 Å². The maximum absolute atomic E-state index is 13.2. The van der Waals surface area contributed by atoms with Gasteiger partial charge in [0.25, 0.3) is 5.91 Å². The molecular weight excluding hydrogens is 390 g/mol. The van der Waals surface area contributed by atoms with Crippen molar-refractivity contribution in [3.63, 3.8) is 0 Å². The fourth-order valence-electron chi connectivity index (χ4n) is 3.39. The summed E-state index contributed by atoms with van der Waals surface area (Å²) in [5.74, 6) is -0.589. The van der Waals surface area contributed by atoms with E-state index in [2.05, 4.69) is 26.2 Å². The molecule has 2 heterocycles. The number of phenols is 1. The number of aryl methyl sites for hydroxylation is 1. The molecule has 0 aliphatic carbocycles. The van der Waals surface area contributed by atoms with Gasteiger partial charge >= 0.3 is 5.69 Å². The Morgan fingerprint density at radius 2 is 2.07 bits per heavy atom. The normalized spacial score (nSPS) is 15.3. The largest absolute Gasteiger partial charge is 0.502 e. The fraction of sp³-hybridized carbons (Fsp3) is 0.158. The number of carbonyl (C=O) groups excluding carboxylic acids is 1. The minimum absolute atomic E-state index is 0.288. The zero-order chi connectivity index (χ0) is 21.4. The summed E-state index contributed by atoms with van der Waals surface area (Å²) < 4.78 is 1.37. The Balaban J connectivity index is 1.81. The van der Waals surface area contributed by atoms with Crippen LogP contribution in [0.5, 0.6) is 5.75 Å². The van der Waals surface area contributed by atoms with Crippen molar-refractivity contribution in [1.29, 1.82) is 0 Å². The SMILES string of the molecule is CC1=C(C(=O)Nc2cccc(C)c2)C(c2ccc(O)c([N+](=O)[O-])c2)n2nnnc2N1. The number of aromatic hydroxyl groups is 1. The van der Waals surface area contributed by atoms with E-state index in [4.69, 9.17) is 0 Å². The second-order valence-corrected chi connectivity index (χ2v) is 6.84. The number of allylic oxidation sites excluding steroid dienone is 1. The summed E-state index contributed by atoms with van der Waals surface area (Å²) in [4.78, 5) is 23.8. The number of hydrogen-bond donors (Lipinski definition) is 3. The van der Waals surface area contributed by atoms with Crippen molar-refractivity contribution in [1.82, 2.24) is 20.2 Å². The Kier molecular flexibility index (Phi) is 4.62. The summed E-state index contributed by atoms with van der Waals surface area (Å²) in [7, 11) is 0. The zero-order valence-corrected chi connectivity index (χ0v) is 16.0. The number of carbonyl (C=O) groups is 1. The third kappa shape index (κ3) is 3.32. The van der Waals surface area contributed by atoms with Crippen molar-refractivity contribution >= 4 is 23.2 Å². The van der Waals surface area contributed by atoms with Gasteiger partial charge in [0, 0.05) is 17.5 Å². The first kappa shape index (κ1) is 19.1. The summed E-state index contributed by atoms with van der Waals surface area (Å²) in [5.41, 5.74) is 2.28. The summed E-state index contributed by atoms with van der Waals surface area (Å²) in [6, 6.07) is 10.4. The van der Waals surface area contributed by atoms with E-state index in [0.717, 1.165) is 5.56 Å². The summed E-state index contributed by atoms with van der Waals surface area (Å²) in [5, 5.41) is 38.4. The first-order valence-corrected chi connectivity index (χ1v) is 8.96. The molecule has 1 aromatic heterocycles. The van der Waals surface area contributed by atoms with E-state index in [1.807, 2.05) is 25.1 Å². The molecule has 1 aliphatic heterocycles. The Labute approximate surface area is 170 Å². The van der Waals surface area contributed by atoms with E-state index in [1.54, 1.807) is 13.0 Å². The molecule has 30 heavy (non-hydrogen) atoms. The molecule has 0 radical (unpaired) electrons. The molecule has 11 nitrogen and oxygen atoms in total. The maximum Gasteiger partial charge on any atom is 0.311 e. The second kappa shape index (κ2) is 7.28. The molecule has 152 valence electrons. The molecule has 0 saturated heterocycles. The first-order chi connectivity index (χ1) is 14.3. The third-order valence-corrected chi connectivity index (χ3v) is 4.75. The predicted octanol–water partition coefficient (Wildman–Crippen LogP) is 2.52. The van der Waals surface area contributed by atoms with Gasteiger partial charge in [-0.1, -0.05) is 23.3 Å². The molecule has 1 atom stereocenters. The van der Waals surface area contributed by atoms with Crippen molar-refractivity contribution in [3.8, 4) is 5.75 Å². The zero-order valence-electron chi connectivity index (χ0n) is 16.0. The number of fused-ring (bicyclic) bond motifs is 1. The van der Waals surface area contributed by atoms with Crippen molar-refractivity contribution in [2.45, 2.75) is 19.9 Å². The van der Waals surface area contributed by atoms with E-state index in [-0.39, 0.29) is 5.57 Å². The molecule has 3 N–H and O–H groups in total. The third-order valence-electron chi connectivity index (χ3n) is 4.75. The molecule has 11 heteroatoms. The van der Waals surface area contributed by atoms with Crippen LogP contribution in [0.25, 0.3) is 0 Å². The number of nitro groups is 1. The Morgan fingerprint density at radius 1 is 1.27 bits per heavy atom. The van der Waals surface area contributed by atoms with Crippen LogP contribution in [0, 0.1) is 17.0 Å². The molecule has 4 rings (SSSR count). The lowest BCUT2D eigenvalue weighted by molar-refractivity contribution is -0.385. The van der Waals surface area contributed by atoms with Gasteiger partial charge in [-0.05, 0) is 53.6 Å². The monoisotopic (exact) mass is 407 g/mol. The molecule has 1 amide bonds. The van der Waals surface area contributed by atoms with Crippen molar-refractivity contribution in [2.75, 3.05) is 10.6 Å². The molecule has 3 aromatic rings. The number of aromatic nitrogens is 4. The lowest BCUT2D eigenvalue weighted by atomic mass is 9.94. The average Bonchev–Trinajstić information content (AvgIpc) is 3.15. The molecule has 1 unspecified atom stereocenters. The number of benzene rings is 2. The smallest absolute Gasteiger partial charge is 0.311 e. The Hall–Kier alpha value is -4.28. The molecule has 2 aromatic carbocycles. The van der Waals surface area contributed by atoms with Crippen LogP contribution in [-0.2, 0) is 4.79 Å². The van der Waals surface area contributed by atoms with E-state index in [0.29, 0.717) is 22.9 Å². The highest BCUT2D eigenvalue weighted by atomic mass is 16.6. The number of rotatable bonds is 4. The predicted molar refractivity (Wildman–Crippen MR) is 107 cm³/mol. The average molecular weight is 407 g/mol. The van der Waals surface area contributed by atoms with Gasteiger partial charge in [-0.2, -0.15) is 4.68 Å². The number of nitrogens with zero attached hydrogens (tertiary/aromatic N) is 5. The number of amides is 1. The summed E-state index contributed by atoms with van der Waals surface area (Å²) in [6.45, 7) is 3.61. The number of hydrogen-bond acceptors (Lipinski definition) is 8. The van der Waals surface area contributed by atoms with Crippen LogP contribution >= 0.6 is 0 Å². The molecule has 0 spiro atoms. The number of tetrazole rings is 1. The minimum atomic E-state index is -0.833. The van der Waals surface area contributed by atoms with Crippen molar-refractivity contribution in [3.05, 3.63) is 75.0 Å². The first-order valence-electron chi connectivity index (χ1n) is 8.96. The number of phenolic OH excluding ortho intramolecular Hbond substituents is 1. The summed E-state index contributed by atoms with van der Waals surface area (Å²) >= 11 is 0. The highest BCUT2D eigenvalue weighted by molar-refractivity contribution is 6.06. The number of anilines is 2. The Bertz CT molecular complexity index is 1200. The molecular formula is C19H17N7O4. The van der Waals surface area contributed by atoms with Crippen LogP contribution < -0.4 is 10.6 Å². The lowest BCUT2D eigenvalue weighted by Gasteiger charge is -2.28. The fourth-order valence-corrected chi connectivity index (χ4v) is 3.39. The number of nitrogens with one attached hydrogen (secondary N) is 2. The minimum Gasteiger partial charge on any atom is -0.502 e. The number of nitro benzene ring substituents is 1. The van der Waals surface area contributed by atoms with E-state index >= 15 is 0 Å². The highest BCUT2D eigenvalue weighted by Crippen LogP contribution is 2.38. The van der Waals surface area contributed by atoms with Gasteiger partial charge in [0.1, 0.15) is 6.04 Å². The molecule has 0 fully saturated rings. The molecule has 0 bridgehead atoms. The van der Waals surface area contributed by atoms with Gasteiger partial charge in [-0.25, -0.2) is 0 Å². The van der Waals surface area contributed by atoms with Crippen LogP contribution in [-0.4, -0.2) is 36.1 Å². The van der Waals surface area contributed by atoms with Crippen molar-refractivity contribution < 1.29 is 14.8 Å². The van der Waals surface area contributed by atoms with Crippen LogP contribution in [0.1, 0.15) is 24.1 Å². The quantitative estimate of drug-likeness (QED) is 0.441. The lowest BCUT2D eigenvalue weighted by Crippen LogP contribution is -2.31. The highest BCUT2D eigenvalue weighted by Gasteiger charge is 2.35.